The van der Waals surface area contributed by atoms with Crippen molar-refractivity contribution in [1.82, 2.24) is 9.80 Å². The summed E-state index contributed by atoms with van der Waals surface area (Å²) < 4.78 is 0. The van der Waals surface area contributed by atoms with E-state index in [-0.39, 0.29) is 5.54 Å². The lowest BCUT2D eigenvalue weighted by atomic mass is 9.93. The van der Waals surface area contributed by atoms with E-state index in [0.29, 0.717) is 12.1 Å². The molecule has 2 aliphatic heterocycles. The number of aliphatic imine (C=N–C) groups is 1. The predicted molar refractivity (Wildman–Crippen MR) is 77.1 cm³/mol. The van der Waals surface area contributed by atoms with Crippen molar-refractivity contribution in [3.05, 3.63) is 0 Å². The minimum atomic E-state index is 0.237. The van der Waals surface area contributed by atoms with Crippen LogP contribution in [0.25, 0.3) is 0 Å². The van der Waals surface area contributed by atoms with Gasteiger partial charge >= 0.3 is 0 Å². The van der Waals surface area contributed by atoms with E-state index in [4.69, 9.17) is 5.73 Å². The van der Waals surface area contributed by atoms with Crippen LogP contribution < -0.4 is 5.73 Å². The van der Waals surface area contributed by atoms with E-state index in [0.717, 1.165) is 18.5 Å². The van der Waals surface area contributed by atoms with E-state index in [9.17, 15) is 0 Å². The van der Waals surface area contributed by atoms with Gasteiger partial charge in [-0.05, 0) is 39.0 Å². The Labute approximate surface area is 116 Å². The molecule has 1 spiro atoms. The monoisotopic (exact) mass is 262 g/mol. The van der Waals surface area contributed by atoms with Gasteiger partial charge in [0.05, 0.1) is 12.1 Å². The van der Waals surface area contributed by atoms with Crippen LogP contribution in [0.1, 0.15) is 51.9 Å². The highest BCUT2D eigenvalue weighted by molar-refractivity contribution is 5.81. The summed E-state index contributed by atoms with van der Waals surface area (Å²) in [4.78, 5) is 9.91. The lowest BCUT2D eigenvalue weighted by molar-refractivity contribution is 0.148. The molecule has 2 heterocycles. The van der Waals surface area contributed by atoms with E-state index in [1.165, 1.54) is 51.5 Å². The van der Waals surface area contributed by atoms with Crippen LogP contribution in [0.4, 0.5) is 0 Å². The first kappa shape index (κ1) is 12.0. The van der Waals surface area contributed by atoms with Crippen molar-refractivity contribution in [2.24, 2.45) is 10.7 Å². The van der Waals surface area contributed by atoms with Crippen molar-refractivity contribution >= 4 is 5.96 Å². The van der Waals surface area contributed by atoms with Gasteiger partial charge in [-0.25, -0.2) is 0 Å². The molecule has 0 aromatic heterocycles. The third kappa shape index (κ3) is 1.79. The lowest BCUT2D eigenvalue weighted by Gasteiger charge is -2.40. The first-order valence-electron chi connectivity index (χ1n) is 8.05. The van der Waals surface area contributed by atoms with Crippen molar-refractivity contribution < 1.29 is 0 Å². The summed E-state index contributed by atoms with van der Waals surface area (Å²) in [7, 11) is 0. The summed E-state index contributed by atoms with van der Waals surface area (Å²) in [6, 6.07) is 2.23. The number of nitrogens with two attached hydrogens (primary N) is 1. The van der Waals surface area contributed by atoms with Crippen molar-refractivity contribution in [3.8, 4) is 0 Å². The maximum absolute atomic E-state index is 6.25. The summed E-state index contributed by atoms with van der Waals surface area (Å²) in [6.45, 7) is 4.52. The van der Waals surface area contributed by atoms with Crippen LogP contribution in [-0.2, 0) is 0 Å². The molecule has 0 radical (unpaired) electrons. The molecule has 2 N–H and O–H groups in total. The largest absolute Gasteiger partial charge is 0.370 e. The van der Waals surface area contributed by atoms with E-state index >= 15 is 0 Å². The second-order valence-corrected chi connectivity index (χ2v) is 7.16. The zero-order valence-electron chi connectivity index (χ0n) is 12.0. The molecular formula is C15H26N4. The van der Waals surface area contributed by atoms with Crippen molar-refractivity contribution in [2.75, 3.05) is 13.1 Å². The Morgan fingerprint density at radius 3 is 2.58 bits per heavy atom. The number of hydrogen-bond acceptors (Lipinski definition) is 4. The standard InChI is InChI=1S/C15H26N4/c1-11-8-15(10-18(11)12-6-7-12)9-17-14(16)19(15)13-4-2-3-5-13/h11-13H,2-10H2,1H3,(H2,16,17). The van der Waals surface area contributed by atoms with Crippen LogP contribution >= 0.6 is 0 Å². The topological polar surface area (TPSA) is 44.9 Å². The fraction of sp³-hybridized carbons (Fsp3) is 0.933. The molecule has 0 bridgehead atoms. The van der Waals surface area contributed by atoms with Gasteiger partial charge in [0.25, 0.3) is 0 Å². The molecule has 4 rings (SSSR count). The fourth-order valence-electron chi connectivity index (χ4n) is 4.77. The van der Waals surface area contributed by atoms with E-state index in [1.54, 1.807) is 0 Å². The Balaban J connectivity index is 1.59. The van der Waals surface area contributed by atoms with Gasteiger partial charge in [0, 0.05) is 24.7 Å². The van der Waals surface area contributed by atoms with E-state index in [2.05, 4.69) is 21.7 Å². The normalized spacial score (nSPS) is 40.6. The van der Waals surface area contributed by atoms with Gasteiger partial charge in [-0.3, -0.25) is 9.89 Å². The van der Waals surface area contributed by atoms with Gasteiger partial charge in [-0.1, -0.05) is 12.8 Å². The first-order chi connectivity index (χ1) is 9.20. The molecule has 2 aliphatic carbocycles. The van der Waals surface area contributed by atoms with Gasteiger partial charge in [-0.2, -0.15) is 0 Å². The summed E-state index contributed by atoms with van der Waals surface area (Å²) in [5, 5.41) is 0. The predicted octanol–water partition coefficient (Wildman–Crippen LogP) is 1.55. The Hall–Kier alpha value is -0.770. The van der Waals surface area contributed by atoms with Gasteiger partial charge in [0.15, 0.2) is 5.96 Å². The van der Waals surface area contributed by atoms with Gasteiger partial charge in [0.2, 0.25) is 0 Å². The SMILES string of the molecule is CC1CC2(CN=C(N)N2C2CCCC2)CN1C1CC1. The minimum Gasteiger partial charge on any atom is -0.370 e. The maximum atomic E-state index is 6.25. The smallest absolute Gasteiger partial charge is 0.192 e. The molecule has 0 amide bonds. The molecule has 3 fully saturated rings. The highest BCUT2D eigenvalue weighted by Crippen LogP contribution is 2.44. The minimum absolute atomic E-state index is 0.237. The summed E-state index contributed by atoms with van der Waals surface area (Å²) in [5.41, 5.74) is 6.49. The molecule has 19 heavy (non-hydrogen) atoms. The molecule has 2 unspecified atom stereocenters. The molecule has 4 nitrogen and oxygen atoms in total. The van der Waals surface area contributed by atoms with Crippen LogP contribution in [0.5, 0.6) is 0 Å². The number of nitrogens with zero attached hydrogens (tertiary/aromatic N) is 3. The fourth-order valence-corrected chi connectivity index (χ4v) is 4.77. The Morgan fingerprint density at radius 1 is 1.16 bits per heavy atom. The molecule has 4 heteroatoms. The van der Waals surface area contributed by atoms with Gasteiger partial charge in [-0.15, -0.1) is 0 Å². The molecule has 0 aromatic carbocycles. The number of guanidine groups is 1. The second-order valence-electron chi connectivity index (χ2n) is 7.16. The van der Waals surface area contributed by atoms with Crippen LogP contribution in [0, 0.1) is 0 Å². The average molecular weight is 262 g/mol. The zero-order chi connectivity index (χ0) is 13.0. The molecule has 0 aromatic rings. The lowest BCUT2D eigenvalue weighted by Crippen LogP contribution is -2.57. The summed E-state index contributed by atoms with van der Waals surface area (Å²) >= 11 is 0. The molecule has 2 saturated carbocycles. The average Bonchev–Trinajstić information content (AvgIpc) is 2.84. The third-order valence-corrected chi connectivity index (χ3v) is 5.72. The van der Waals surface area contributed by atoms with Crippen molar-refractivity contribution in [1.29, 1.82) is 0 Å². The second kappa shape index (κ2) is 4.11. The Morgan fingerprint density at radius 2 is 1.89 bits per heavy atom. The highest BCUT2D eigenvalue weighted by atomic mass is 15.4. The first-order valence-corrected chi connectivity index (χ1v) is 8.05. The zero-order valence-corrected chi connectivity index (χ0v) is 12.0. The van der Waals surface area contributed by atoms with E-state index in [1.807, 2.05) is 0 Å². The number of hydrogen-bond donors (Lipinski definition) is 1. The summed E-state index contributed by atoms with van der Waals surface area (Å²) in [6.07, 6.45) is 9.43. The van der Waals surface area contributed by atoms with Crippen molar-refractivity contribution in [2.45, 2.75) is 75.5 Å². The van der Waals surface area contributed by atoms with Crippen LogP contribution in [0.2, 0.25) is 0 Å². The molecular weight excluding hydrogens is 236 g/mol. The number of rotatable bonds is 2. The van der Waals surface area contributed by atoms with Crippen LogP contribution in [-0.4, -0.2) is 52.5 Å². The Bertz CT molecular complexity index is 397. The Kier molecular flexibility index (Phi) is 2.60. The van der Waals surface area contributed by atoms with Gasteiger partial charge in [0.1, 0.15) is 0 Å². The van der Waals surface area contributed by atoms with Crippen LogP contribution in [0.15, 0.2) is 4.99 Å². The van der Waals surface area contributed by atoms with Crippen molar-refractivity contribution in [3.63, 3.8) is 0 Å². The maximum Gasteiger partial charge on any atom is 0.192 e. The highest BCUT2D eigenvalue weighted by Gasteiger charge is 2.54. The summed E-state index contributed by atoms with van der Waals surface area (Å²) in [5.74, 6) is 0.830. The molecule has 4 aliphatic rings. The molecule has 106 valence electrons. The van der Waals surface area contributed by atoms with Gasteiger partial charge < -0.3 is 10.6 Å². The molecule has 1 saturated heterocycles. The quantitative estimate of drug-likeness (QED) is 0.821. The number of likely N-dealkylation sites (tertiary alicyclic amines) is 1. The molecule has 2 atom stereocenters. The van der Waals surface area contributed by atoms with Crippen LogP contribution in [0.3, 0.4) is 0 Å². The third-order valence-electron chi connectivity index (χ3n) is 5.72. The van der Waals surface area contributed by atoms with E-state index < -0.39 is 0 Å².